The molecule has 1 aliphatic heterocycles. The van der Waals surface area contributed by atoms with Crippen LogP contribution in [0.3, 0.4) is 0 Å². The summed E-state index contributed by atoms with van der Waals surface area (Å²) in [4.78, 5) is 32.2. The minimum Gasteiger partial charge on any atom is -0.493 e. The van der Waals surface area contributed by atoms with Gasteiger partial charge in [-0.05, 0) is 98.9 Å². The number of aromatic nitrogens is 1. The van der Waals surface area contributed by atoms with Crippen molar-refractivity contribution in [1.29, 1.82) is 0 Å². The van der Waals surface area contributed by atoms with Crippen LogP contribution in [-0.4, -0.2) is 36.5 Å². The van der Waals surface area contributed by atoms with Crippen molar-refractivity contribution in [3.8, 4) is 17.2 Å². The first-order valence-electron chi connectivity index (χ1n) is 13.0. The quantitative estimate of drug-likeness (QED) is 0.305. The van der Waals surface area contributed by atoms with Crippen LogP contribution < -0.4 is 29.1 Å². The van der Waals surface area contributed by atoms with Gasteiger partial charge in [0.05, 0.1) is 52.2 Å². The van der Waals surface area contributed by atoms with Crippen LogP contribution in [0.5, 0.6) is 17.2 Å². The van der Waals surface area contributed by atoms with Crippen molar-refractivity contribution in [2.75, 3.05) is 13.7 Å². The van der Waals surface area contributed by atoms with E-state index >= 15 is 0 Å². The molecular formula is C30H33BrN2O6S. The number of carbonyl (C=O) groups is 1. The molecule has 0 amide bonds. The second-order valence-corrected chi connectivity index (χ2v) is 11.6. The Morgan fingerprint density at radius 3 is 2.38 bits per heavy atom. The summed E-state index contributed by atoms with van der Waals surface area (Å²) in [6, 6.07) is 10.3. The van der Waals surface area contributed by atoms with Crippen LogP contribution in [0.25, 0.3) is 6.08 Å². The number of fused-ring (bicyclic) bond motifs is 1. The Bertz CT molecular complexity index is 1640. The van der Waals surface area contributed by atoms with Crippen molar-refractivity contribution in [1.82, 2.24) is 4.57 Å². The Labute approximate surface area is 245 Å². The van der Waals surface area contributed by atoms with E-state index < -0.39 is 12.0 Å². The fourth-order valence-corrected chi connectivity index (χ4v) is 5.96. The normalized spacial score (nSPS) is 15.2. The van der Waals surface area contributed by atoms with Crippen molar-refractivity contribution in [2.24, 2.45) is 4.99 Å². The number of hydrogen-bond acceptors (Lipinski definition) is 8. The van der Waals surface area contributed by atoms with E-state index in [2.05, 4.69) is 20.9 Å². The highest BCUT2D eigenvalue weighted by Crippen LogP contribution is 2.36. The predicted octanol–water partition coefficient (Wildman–Crippen LogP) is 5.14. The van der Waals surface area contributed by atoms with Gasteiger partial charge in [0.15, 0.2) is 16.3 Å². The molecule has 0 radical (unpaired) electrons. The molecule has 8 nitrogen and oxygen atoms in total. The number of hydrogen-bond donors (Lipinski definition) is 0. The number of ether oxygens (including phenoxy) is 4. The van der Waals surface area contributed by atoms with Crippen molar-refractivity contribution < 1.29 is 23.7 Å². The van der Waals surface area contributed by atoms with E-state index in [1.807, 2.05) is 58.0 Å². The topological polar surface area (TPSA) is 88.4 Å². The molecular weight excluding hydrogens is 596 g/mol. The van der Waals surface area contributed by atoms with Crippen LogP contribution in [0.4, 0.5) is 0 Å². The van der Waals surface area contributed by atoms with Crippen molar-refractivity contribution in [2.45, 2.75) is 59.8 Å². The molecule has 0 fully saturated rings. The average molecular weight is 630 g/mol. The third-order valence-electron chi connectivity index (χ3n) is 6.00. The zero-order valence-corrected chi connectivity index (χ0v) is 26.0. The largest absolute Gasteiger partial charge is 0.493 e. The van der Waals surface area contributed by atoms with Crippen LogP contribution in [-0.2, 0) is 9.53 Å². The SMILES string of the molecule is CCOC(=O)C1=C(C)N=c2s/c(=C/c3ccc(OC(C)C)c(Br)c3)c(=O)n2[C@H]1c1ccc(OC(C)C)c(OC)c1. The molecule has 1 aromatic heterocycles. The second-order valence-electron chi connectivity index (χ2n) is 9.74. The monoisotopic (exact) mass is 628 g/mol. The average Bonchev–Trinajstić information content (AvgIpc) is 3.18. The van der Waals surface area contributed by atoms with Gasteiger partial charge in [0.1, 0.15) is 5.75 Å². The third-order valence-corrected chi connectivity index (χ3v) is 7.60. The number of rotatable bonds is 9. The first-order valence-corrected chi connectivity index (χ1v) is 14.6. The molecule has 3 aromatic rings. The second kappa shape index (κ2) is 12.4. The Morgan fingerprint density at radius 2 is 1.75 bits per heavy atom. The molecule has 2 aromatic carbocycles. The molecule has 0 spiro atoms. The minimum atomic E-state index is -0.756. The van der Waals surface area contributed by atoms with E-state index in [1.165, 1.54) is 11.3 Å². The lowest BCUT2D eigenvalue weighted by Crippen LogP contribution is -2.40. The number of methoxy groups -OCH3 is 1. The number of benzene rings is 2. The Morgan fingerprint density at radius 1 is 1.07 bits per heavy atom. The lowest BCUT2D eigenvalue weighted by Gasteiger charge is -2.25. The van der Waals surface area contributed by atoms with Gasteiger partial charge in [-0.25, -0.2) is 9.79 Å². The van der Waals surface area contributed by atoms with Crippen LogP contribution in [0.2, 0.25) is 0 Å². The summed E-state index contributed by atoms with van der Waals surface area (Å²) in [5.41, 5.74) is 2.04. The first kappa shape index (κ1) is 29.6. The van der Waals surface area contributed by atoms with E-state index in [-0.39, 0.29) is 24.4 Å². The van der Waals surface area contributed by atoms with E-state index in [1.54, 1.807) is 37.7 Å². The molecule has 0 saturated carbocycles. The molecule has 0 aliphatic carbocycles. The van der Waals surface area contributed by atoms with Gasteiger partial charge in [-0.1, -0.05) is 23.5 Å². The fourth-order valence-electron chi connectivity index (χ4n) is 4.42. The molecule has 0 unspecified atom stereocenters. The summed E-state index contributed by atoms with van der Waals surface area (Å²) >= 11 is 4.83. The molecule has 2 heterocycles. The zero-order chi connectivity index (χ0) is 29.1. The van der Waals surface area contributed by atoms with Gasteiger partial charge in [0.2, 0.25) is 0 Å². The maximum Gasteiger partial charge on any atom is 0.338 e. The molecule has 1 aliphatic rings. The summed E-state index contributed by atoms with van der Waals surface area (Å²) in [5.74, 6) is 1.28. The number of halogens is 1. The summed E-state index contributed by atoms with van der Waals surface area (Å²) in [6.45, 7) is 11.5. The summed E-state index contributed by atoms with van der Waals surface area (Å²) in [5, 5.41) is 0. The summed E-state index contributed by atoms with van der Waals surface area (Å²) < 4.78 is 25.5. The van der Waals surface area contributed by atoms with Crippen LogP contribution in [0.15, 0.2) is 61.9 Å². The van der Waals surface area contributed by atoms with Gasteiger partial charge in [-0.3, -0.25) is 9.36 Å². The van der Waals surface area contributed by atoms with Gasteiger partial charge < -0.3 is 18.9 Å². The molecule has 0 bridgehead atoms. The highest BCUT2D eigenvalue weighted by Gasteiger charge is 2.34. The molecule has 0 saturated heterocycles. The molecule has 1 atom stereocenters. The van der Waals surface area contributed by atoms with E-state index in [0.717, 1.165) is 15.8 Å². The van der Waals surface area contributed by atoms with E-state index in [9.17, 15) is 9.59 Å². The lowest BCUT2D eigenvalue weighted by atomic mass is 9.95. The van der Waals surface area contributed by atoms with Gasteiger partial charge in [0.25, 0.3) is 5.56 Å². The first-order chi connectivity index (χ1) is 19.0. The number of carbonyl (C=O) groups excluding carboxylic acids is 1. The smallest absolute Gasteiger partial charge is 0.338 e. The molecule has 4 rings (SSSR count). The number of thiazole rings is 1. The van der Waals surface area contributed by atoms with Gasteiger partial charge >= 0.3 is 5.97 Å². The van der Waals surface area contributed by atoms with Crippen LogP contribution in [0.1, 0.15) is 58.7 Å². The highest BCUT2D eigenvalue weighted by molar-refractivity contribution is 9.10. The molecule has 10 heteroatoms. The van der Waals surface area contributed by atoms with Gasteiger partial charge in [0, 0.05) is 0 Å². The Balaban J connectivity index is 1.89. The Hall–Kier alpha value is -3.37. The van der Waals surface area contributed by atoms with Crippen molar-refractivity contribution in [3.05, 3.63) is 83.0 Å². The number of esters is 1. The number of nitrogens with zero attached hydrogens (tertiary/aromatic N) is 2. The maximum absolute atomic E-state index is 13.9. The predicted molar refractivity (Wildman–Crippen MR) is 159 cm³/mol. The van der Waals surface area contributed by atoms with Gasteiger partial charge in [-0.15, -0.1) is 0 Å². The molecule has 40 heavy (non-hydrogen) atoms. The van der Waals surface area contributed by atoms with Crippen LogP contribution >= 0.6 is 27.3 Å². The minimum absolute atomic E-state index is 0.0345. The highest BCUT2D eigenvalue weighted by atomic mass is 79.9. The summed E-state index contributed by atoms with van der Waals surface area (Å²) in [7, 11) is 1.56. The number of allylic oxidation sites excluding steroid dienone is 1. The van der Waals surface area contributed by atoms with E-state index in [0.29, 0.717) is 37.7 Å². The summed E-state index contributed by atoms with van der Waals surface area (Å²) in [6.07, 6.45) is 1.79. The Kier molecular flexibility index (Phi) is 9.20. The van der Waals surface area contributed by atoms with Crippen LogP contribution in [0, 0.1) is 0 Å². The maximum atomic E-state index is 13.9. The lowest BCUT2D eigenvalue weighted by molar-refractivity contribution is -0.139. The van der Waals surface area contributed by atoms with E-state index in [4.69, 9.17) is 18.9 Å². The van der Waals surface area contributed by atoms with Crippen molar-refractivity contribution in [3.63, 3.8) is 0 Å². The van der Waals surface area contributed by atoms with Crippen molar-refractivity contribution >= 4 is 39.3 Å². The fraction of sp³-hybridized carbons (Fsp3) is 0.367. The standard InChI is InChI=1S/C30H33BrN2O6S/c1-8-37-29(35)26-18(6)32-30-33(27(26)20-10-12-23(39-17(4)5)24(15-20)36-7)28(34)25(40-30)14-19-9-11-22(21(31)13-19)38-16(2)3/h9-17,27H,8H2,1-7H3/b25-14+/t27-/m0/s1. The molecule has 0 N–H and O–H groups in total. The third kappa shape index (κ3) is 6.18. The van der Waals surface area contributed by atoms with Gasteiger partial charge in [-0.2, -0.15) is 0 Å². The zero-order valence-electron chi connectivity index (χ0n) is 23.6. The molecule has 212 valence electrons.